The molecule has 0 atom stereocenters. The van der Waals surface area contributed by atoms with E-state index in [0.717, 1.165) is 12.1 Å². The monoisotopic (exact) mass is 358 g/mol. The van der Waals surface area contributed by atoms with Crippen molar-refractivity contribution in [1.29, 1.82) is 0 Å². The van der Waals surface area contributed by atoms with Crippen LogP contribution in [0.4, 0.5) is 15.8 Å². The molecule has 0 saturated carbocycles. The van der Waals surface area contributed by atoms with Crippen molar-refractivity contribution in [1.82, 2.24) is 0 Å². The Morgan fingerprint density at radius 3 is 2.73 bits per heavy atom. The highest BCUT2D eigenvalue weighted by atomic mass is 19.1. The summed E-state index contributed by atoms with van der Waals surface area (Å²) < 4.78 is 23.6. The molecule has 0 radical (unpaired) electrons. The number of amides is 1. The topological polar surface area (TPSA) is 112 Å². The van der Waals surface area contributed by atoms with Gasteiger partial charge >= 0.3 is 11.3 Å². The maximum atomic E-state index is 13.3. The molecule has 1 heterocycles. The normalized spacial score (nSPS) is 10.5. The summed E-state index contributed by atoms with van der Waals surface area (Å²) in [5.41, 5.74) is -0.876. The van der Waals surface area contributed by atoms with E-state index >= 15 is 0 Å². The third-order valence-electron chi connectivity index (χ3n) is 3.39. The Morgan fingerprint density at radius 1 is 1.19 bits per heavy atom. The number of benzene rings is 2. The number of hydrogen-bond acceptors (Lipinski definition) is 6. The van der Waals surface area contributed by atoms with Crippen LogP contribution in [0.1, 0.15) is 0 Å². The van der Waals surface area contributed by atoms with E-state index in [-0.39, 0.29) is 5.69 Å². The summed E-state index contributed by atoms with van der Waals surface area (Å²) in [6, 6.07) is 10.6. The van der Waals surface area contributed by atoms with E-state index in [0.29, 0.717) is 16.7 Å². The summed E-state index contributed by atoms with van der Waals surface area (Å²) >= 11 is 0. The zero-order valence-corrected chi connectivity index (χ0v) is 13.1. The van der Waals surface area contributed by atoms with Crippen LogP contribution in [0.3, 0.4) is 0 Å². The van der Waals surface area contributed by atoms with Crippen LogP contribution in [0.5, 0.6) is 5.75 Å². The molecule has 1 aromatic heterocycles. The number of rotatable bonds is 5. The molecule has 132 valence electrons. The van der Waals surface area contributed by atoms with Crippen molar-refractivity contribution in [3.05, 3.63) is 74.9 Å². The largest absolute Gasteiger partial charge is 0.484 e. The number of nitro benzene ring substituents is 1. The Labute approximate surface area is 145 Å². The zero-order chi connectivity index (χ0) is 18.7. The molecular formula is C17H11FN2O6. The fraction of sp³-hybridized carbons (Fsp3) is 0.0588. The van der Waals surface area contributed by atoms with E-state index in [1.807, 2.05) is 0 Å². The van der Waals surface area contributed by atoms with Crippen LogP contribution in [0.25, 0.3) is 11.0 Å². The summed E-state index contributed by atoms with van der Waals surface area (Å²) in [7, 11) is 0. The molecule has 1 amide bonds. The Kier molecular flexibility index (Phi) is 4.61. The summed E-state index contributed by atoms with van der Waals surface area (Å²) in [4.78, 5) is 32.9. The van der Waals surface area contributed by atoms with Gasteiger partial charge in [0, 0.05) is 29.3 Å². The molecule has 2 aromatic carbocycles. The maximum absolute atomic E-state index is 13.3. The van der Waals surface area contributed by atoms with Gasteiger partial charge in [-0.3, -0.25) is 14.9 Å². The first kappa shape index (κ1) is 17.1. The third kappa shape index (κ3) is 3.83. The van der Waals surface area contributed by atoms with Gasteiger partial charge in [-0.25, -0.2) is 4.79 Å². The van der Waals surface area contributed by atoms with Gasteiger partial charge in [0.25, 0.3) is 5.91 Å². The Hall–Kier alpha value is -3.75. The SMILES string of the molecule is O=C(COc1ccc2ccc(=O)oc2c1)Nc1ccc(F)c([N+](=O)[O-])c1. The number of nitrogens with zero attached hydrogens (tertiary/aromatic N) is 1. The molecule has 0 aliphatic heterocycles. The summed E-state index contributed by atoms with van der Waals surface area (Å²) in [6.45, 7) is -0.395. The summed E-state index contributed by atoms with van der Waals surface area (Å²) in [5, 5.41) is 13.8. The second kappa shape index (κ2) is 7.01. The molecule has 0 unspecified atom stereocenters. The lowest BCUT2D eigenvalue weighted by molar-refractivity contribution is -0.387. The molecule has 0 spiro atoms. The van der Waals surface area contributed by atoms with Gasteiger partial charge in [0.2, 0.25) is 5.82 Å². The van der Waals surface area contributed by atoms with Crippen molar-refractivity contribution in [3.8, 4) is 5.75 Å². The average Bonchev–Trinajstić information content (AvgIpc) is 2.61. The molecule has 0 fully saturated rings. The highest BCUT2D eigenvalue weighted by Gasteiger charge is 2.15. The Balaban J connectivity index is 1.66. The number of ether oxygens (including phenoxy) is 1. The molecular weight excluding hydrogens is 347 g/mol. The highest BCUT2D eigenvalue weighted by Crippen LogP contribution is 2.22. The first-order valence-corrected chi connectivity index (χ1v) is 7.33. The van der Waals surface area contributed by atoms with Gasteiger partial charge < -0.3 is 14.5 Å². The van der Waals surface area contributed by atoms with Gasteiger partial charge in [-0.15, -0.1) is 0 Å². The zero-order valence-electron chi connectivity index (χ0n) is 13.1. The van der Waals surface area contributed by atoms with Crippen LogP contribution >= 0.6 is 0 Å². The maximum Gasteiger partial charge on any atom is 0.336 e. The quantitative estimate of drug-likeness (QED) is 0.426. The Morgan fingerprint density at radius 2 is 1.96 bits per heavy atom. The molecule has 0 saturated heterocycles. The molecule has 26 heavy (non-hydrogen) atoms. The van der Waals surface area contributed by atoms with Crippen molar-refractivity contribution >= 4 is 28.3 Å². The number of nitro groups is 1. The number of fused-ring (bicyclic) bond motifs is 1. The number of hydrogen-bond donors (Lipinski definition) is 1. The van der Waals surface area contributed by atoms with Crippen molar-refractivity contribution in [2.75, 3.05) is 11.9 Å². The van der Waals surface area contributed by atoms with Gasteiger partial charge in [0.15, 0.2) is 6.61 Å². The fourth-order valence-electron chi connectivity index (χ4n) is 2.21. The minimum Gasteiger partial charge on any atom is -0.484 e. The number of carbonyl (C=O) groups excluding carboxylic acids is 1. The number of halogens is 1. The first-order valence-electron chi connectivity index (χ1n) is 7.33. The second-order valence-electron chi connectivity index (χ2n) is 5.21. The average molecular weight is 358 g/mol. The molecule has 0 bridgehead atoms. The number of nitrogens with one attached hydrogen (secondary N) is 1. The molecule has 0 aliphatic carbocycles. The standard InChI is InChI=1S/C17H11FN2O6/c18-13-5-3-11(7-14(13)20(23)24)19-16(21)9-25-12-4-1-10-2-6-17(22)26-15(10)8-12/h1-8H,9H2,(H,19,21). The number of carbonyl (C=O) groups is 1. The smallest absolute Gasteiger partial charge is 0.336 e. The molecule has 0 aliphatic rings. The molecule has 1 N–H and O–H groups in total. The van der Waals surface area contributed by atoms with Gasteiger partial charge in [-0.1, -0.05) is 0 Å². The van der Waals surface area contributed by atoms with Gasteiger partial charge in [-0.2, -0.15) is 4.39 Å². The fourth-order valence-corrected chi connectivity index (χ4v) is 2.21. The van der Waals surface area contributed by atoms with Crippen LogP contribution < -0.4 is 15.7 Å². The lowest BCUT2D eigenvalue weighted by atomic mass is 10.2. The molecule has 3 rings (SSSR count). The van der Waals surface area contributed by atoms with E-state index < -0.39 is 34.6 Å². The van der Waals surface area contributed by atoms with Gasteiger partial charge in [0.1, 0.15) is 11.3 Å². The third-order valence-corrected chi connectivity index (χ3v) is 3.39. The van der Waals surface area contributed by atoms with E-state index in [9.17, 15) is 24.1 Å². The van der Waals surface area contributed by atoms with E-state index in [1.54, 1.807) is 18.2 Å². The van der Waals surface area contributed by atoms with Crippen molar-refractivity contribution in [2.45, 2.75) is 0 Å². The summed E-state index contributed by atoms with van der Waals surface area (Å²) in [5.74, 6) is -1.30. The van der Waals surface area contributed by atoms with Gasteiger partial charge in [-0.05, 0) is 30.3 Å². The van der Waals surface area contributed by atoms with E-state index in [4.69, 9.17) is 9.15 Å². The first-order chi connectivity index (χ1) is 12.4. The van der Waals surface area contributed by atoms with Crippen molar-refractivity contribution in [3.63, 3.8) is 0 Å². The highest BCUT2D eigenvalue weighted by molar-refractivity contribution is 5.92. The predicted molar refractivity (Wildman–Crippen MR) is 89.7 cm³/mol. The van der Waals surface area contributed by atoms with Crippen LogP contribution in [-0.2, 0) is 4.79 Å². The Bertz CT molecular complexity index is 1060. The lowest BCUT2D eigenvalue weighted by Gasteiger charge is -2.08. The van der Waals surface area contributed by atoms with Crippen molar-refractivity contribution in [2.24, 2.45) is 0 Å². The second-order valence-corrected chi connectivity index (χ2v) is 5.21. The van der Waals surface area contributed by atoms with E-state index in [2.05, 4.69) is 5.32 Å². The van der Waals surface area contributed by atoms with Crippen LogP contribution in [0.15, 0.2) is 57.7 Å². The minimum atomic E-state index is -0.998. The number of anilines is 1. The summed E-state index contributed by atoms with van der Waals surface area (Å²) in [6.07, 6.45) is 0. The van der Waals surface area contributed by atoms with Crippen LogP contribution in [0, 0.1) is 15.9 Å². The van der Waals surface area contributed by atoms with Gasteiger partial charge in [0.05, 0.1) is 4.92 Å². The molecule has 3 aromatic rings. The predicted octanol–water partition coefficient (Wildman–Crippen LogP) is 2.86. The lowest BCUT2D eigenvalue weighted by Crippen LogP contribution is -2.20. The van der Waals surface area contributed by atoms with Crippen molar-refractivity contribution < 1.29 is 23.3 Å². The van der Waals surface area contributed by atoms with E-state index in [1.165, 1.54) is 18.2 Å². The van der Waals surface area contributed by atoms with Crippen LogP contribution in [0.2, 0.25) is 0 Å². The molecule has 8 nitrogen and oxygen atoms in total. The van der Waals surface area contributed by atoms with Crippen LogP contribution in [-0.4, -0.2) is 17.4 Å². The minimum absolute atomic E-state index is 0.0659. The molecule has 9 heteroatoms.